The molecule has 0 unspecified atom stereocenters. The number of benzene rings is 1. The number of aromatic nitrogens is 1. The Morgan fingerprint density at radius 3 is 2.69 bits per heavy atom. The lowest BCUT2D eigenvalue weighted by Gasteiger charge is -2.07. The van der Waals surface area contributed by atoms with E-state index in [0.29, 0.717) is 34.1 Å². The minimum atomic E-state index is -0.523. The first kappa shape index (κ1) is 19.5. The molecule has 8 heteroatoms. The number of ether oxygens (including phenoxy) is 2. The Morgan fingerprint density at radius 1 is 1.31 bits per heavy atom. The molecular weight excluding hydrogens is 358 g/mol. The quantitative estimate of drug-likeness (QED) is 0.596. The van der Waals surface area contributed by atoms with Crippen molar-refractivity contribution in [2.45, 2.75) is 13.8 Å². The Morgan fingerprint density at radius 2 is 2.04 bits per heavy atom. The predicted molar refractivity (Wildman–Crippen MR) is 96.5 cm³/mol. The van der Waals surface area contributed by atoms with Crippen molar-refractivity contribution in [2.75, 3.05) is 25.6 Å². The third-order valence-electron chi connectivity index (χ3n) is 3.73. The molecule has 0 saturated heterocycles. The highest BCUT2D eigenvalue weighted by Crippen LogP contribution is 2.23. The van der Waals surface area contributed by atoms with Crippen LogP contribution < -0.4 is 5.32 Å². The van der Waals surface area contributed by atoms with Gasteiger partial charge in [0.2, 0.25) is 0 Å². The zero-order valence-corrected chi connectivity index (χ0v) is 15.4. The van der Waals surface area contributed by atoms with Crippen LogP contribution in [0.15, 0.2) is 18.2 Å². The number of aromatic amines is 1. The molecule has 0 saturated carbocycles. The number of nitrogens with zero attached hydrogens (tertiary/aromatic N) is 1. The van der Waals surface area contributed by atoms with Gasteiger partial charge in [0.05, 0.1) is 22.8 Å². The molecule has 2 aromatic rings. The summed E-state index contributed by atoms with van der Waals surface area (Å²) >= 11 is 5.88. The second kappa shape index (κ2) is 8.52. The van der Waals surface area contributed by atoms with Crippen LogP contribution in [0.5, 0.6) is 0 Å². The largest absolute Gasteiger partial charge is 0.460 e. The number of hydrogen-bond acceptors (Lipinski definition) is 5. The first-order chi connectivity index (χ1) is 12.4. The van der Waals surface area contributed by atoms with Crippen LogP contribution >= 0.6 is 11.6 Å². The van der Waals surface area contributed by atoms with Crippen molar-refractivity contribution in [3.05, 3.63) is 51.3 Å². The molecule has 1 aromatic carbocycles. The zero-order valence-electron chi connectivity index (χ0n) is 14.6. The number of aryl methyl sites for hydroxylation is 1. The van der Waals surface area contributed by atoms with E-state index in [4.69, 9.17) is 26.3 Å². The van der Waals surface area contributed by atoms with E-state index in [9.17, 15) is 9.59 Å². The second-order valence-electron chi connectivity index (χ2n) is 5.51. The van der Waals surface area contributed by atoms with E-state index in [1.165, 1.54) is 19.2 Å². The van der Waals surface area contributed by atoms with E-state index in [1.54, 1.807) is 19.9 Å². The molecule has 7 nitrogen and oxygen atoms in total. The van der Waals surface area contributed by atoms with Crippen LogP contribution in [0.3, 0.4) is 0 Å². The smallest absolute Gasteiger partial charge is 0.340 e. The lowest BCUT2D eigenvalue weighted by molar-refractivity contribution is 0.0387. The number of nitriles is 1. The Kier molecular flexibility index (Phi) is 6.39. The van der Waals surface area contributed by atoms with Crippen LogP contribution in [-0.4, -0.2) is 37.2 Å². The molecule has 0 spiro atoms. The number of carbonyl (C=O) groups excluding carboxylic acids is 2. The van der Waals surface area contributed by atoms with Gasteiger partial charge in [-0.1, -0.05) is 11.6 Å². The average Bonchev–Trinajstić information content (AvgIpc) is 2.91. The van der Waals surface area contributed by atoms with Crippen LogP contribution in [0.2, 0.25) is 5.02 Å². The third kappa shape index (κ3) is 4.23. The van der Waals surface area contributed by atoms with Gasteiger partial charge >= 0.3 is 5.97 Å². The van der Waals surface area contributed by atoms with Gasteiger partial charge in [0.25, 0.3) is 5.91 Å². The lowest BCUT2D eigenvalue weighted by Crippen LogP contribution is -2.15. The maximum absolute atomic E-state index is 12.5. The molecule has 0 radical (unpaired) electrons. The van der Waals surface area contributed by atoms with Crippen molar-refractivity contribution in [1.82, 2.24) is 4.98 Å². The highest BCUT2D eigenvalue weighted by Gasteiger charge is 2.23. The predicted octanol–water partition coefficient (Wildman–Crippen LogP) is 3.21. The Hall–Kier alpha value is -2.82. The van der Waals surface area contributed by atoms with Crippen LogP contribution in [0.4, 0.5) is 5.69 Å². The molecule has 0 aliphatic carbocycles. The van der Waals surface area contributed by atoms with E-state index in [1.807, 2.05) is 6.07 Å². The SMILES string of the molecule is COCCOC(=O)c1c(C)[nH]c(C(=O)Nc2ccc(Cl)c(C#N)c2)c1C. The molecule has 2 rings (SSSR count). The molecule has 1 heterocycles. The van der Waals surface area contributed by atoms with Gasteiger partial charge in [-0.2, -0.15) is 5.26 Å². The lowest BCUT2D eigenvalue weighted by atomic mass is 10.1. The fraction of sp³-hybridized carbons (Fsp3) is 0.278. The maximum Gasteiger partial charge on any atom is 0.340 e. The third-order valence-corrected chi connectivity index (χ3v) is 4.06. The molecular formula is C18H18ClN3O4. The summed E-state index contributed by atoms with van der Waals surface area (Å²) in [7, 11) is 1.51. The maximum atomic E-state index is 12.5. The Bertz CT molecular complexity index is 883. The van der Waals surface area contributed by atoms with Gasteiger partial charge in [-0.3, -0.25) is 4.79 Å². The van der Waals surface area contributed by atoms with Crippen LogP contribution in [0.1, 0.15) is 37.7 Å². The minimum absolute atomic E-state index is 0.128. The number of hydrogen-bond donors (Lipinski definition) is 2. The number of H-pyrrole nitrogens is 1. The fourth-order valence-electron chi connectivity index (χ4n) is 2.46. The Balaban J connectivity index is 2.21. The van der Waals surface area contributed by atoms with E-state index in [0.717, 1.165) is 0 Å². The molecule has 1 amide bonds. The standard InChI is InChI=1S/C18H18ClN3O4/c1-10-15(18(24)26-7-6-25-3)11(2)21-16(10)17(23)22-13-4-5-14(19)12(8-13)9-20/h4-5,8,21H,6-7H2,1-3H3,(H,22,23). The van der Waals surface area contributed by atoms with Gasteiger partial charge in [-0.25, -0.2) is 4.79 Å². The molecule has 0 aliphatic heterocycles. The van der Waals surface area contributed by atoms with E-state index in [2.05, 4.69) is 10.3 Å². The van der Waals surface area contributed by atoms with E-state index >= 15 is 0 Å². The van der Waals surface area contributed by atoms with Crippen LogP contribution in [-0.2, 0) is 9.47 Å². The summed E-state index contributed by atoms with van der Waals surface area (Å²) < 4.78 is 9.96. The number of halogens is 1. The number of anilines is 1. The van der Waals surface area contributed by atoms with Crippen molar-refractivity contribution >= 4 is 29.2 Å². The molecule has 26 heavy (non-hydrogen) atoms. The van der Waals surface area contributed by atoms with Crippen molar-refractivity contribution in [3.63, 3.8) is 0 Å². The molecule has 0 bridgehead atoms. The topological polar surface area (TPSA) is 104 Å². The van der Waals surface area contributed by atoms with Gasteiger partial charge in [0, 0.05) is 18.5 Å². The molecule has 2 N–H and O–H groups in total. The number of methoxy groups -OCH3 is 1. The monoisotopic (exact) mass is 375 g/mol. The summed E-state index contributed by atoms with van der Waals surface area (Å²) in [4.78, 5) is 27.6. The molecule has 0 atom stereocenters. The van der Waals surface area contributed by atoms with E-state index in [-0.39, 0.29) is 17.9 Å². The molecule has 1 aromatic heterocycles. The van der Waals surface area contributed by atoms with Gasteiger partial charge < -0.3 is 19.8 Å². The van der Waals surface area contributed by atoms with Gasteiger partial charge in [-0.05, 0) is 37.6 Å². The van der Waals surface area contributed by atoms with Gasteiger partial charge in [0.1, 0.15) is 18.4 Å². The van der Waals surface area contributed by atoms with E-state index < -0.39 is 11.9 Å². The van der Waals surface area contributed by atoms with Crippen molar-refractivity contribution in [1.29, 1.82) is 5.26 Å². The van der Waals surface area contributed by atoms with Gasteiger partial charge in [-0.15, -0.1) is 0 Å². The minimum Gasteiger partial charge on any atom is -0.460 e. The van der Waals surface area contributed by atoms with Crippen molar-refractivity contribution < 1.29 is 19.1 Å². The highest BCUT2D eigenvalue weighted by atomic mass is 35.5. The summed E-state index contributed by atoms with van der Waals surface area (Å²) in [5.41, 5.74) is 2.26. The summed E-state index contributed by atoms with van der Waals surface area (Å²) in [5.74, 6) is -0.960. The zero-order chi connectivity index (χ0) is 19.3. The number of nitrogens with one attached hydrogen (secondary N) is 2. The highest BCUT2D eigenvalue weighted by molar-refractivity contribution is 6.31. The second-order valence-corrected chi connectivity index (χ2v) is 5.92. The van der Waals surface area contributed by atoms with Gasteiger partial charge in [0.15, 0.2) is 0 Å². The molecule has 136 valence electrons. The van der Waals surface area contributed by atoms with Crippen molar-refractivity contribution in [2.24, 2.45) is 0 Å². The molecule has 0 fully saturated rings. The van der Waals surface area contributed by atoms with Crippen LogP contribution in [0, 0.1) is 25.2 Å². The summed E-state index contributed by atoms with van der Waals surface area (Å²) in [6, 6.07) is 6.55. The fourth-order valence-corrected chi connectivity index (χ4v) is 2.62. The first-order valence-corrected chi connectivity index (χ1v) is 8.13. The summed E-state index contributed by atoms with van der Waals surface area (Å²) in [6.45, 7) is 3.77. The average molecular weight is 376 g/mol. The van der Waals surface area contributed by atoms with Crippen LogP contribution in [0.25, 0.3) is 0 Å². The Labute approximate surface area is 155 Å². The van der Waals surface area contributed by atoms with Crippen molar-refractivity contribution in [3.8, 4) is 6.07 Å². The number of esters is 1. The summed E-state index contributed by atoms with van der Waals surface area (Å²) in [6.07, 6.45) is 0. The normalized spacial score (nSPS) is 10.3. The number of amides is 1. The number of carbonyl (C=O) groups is 2. The molecule has 0 aliphatic rings. The number of rotatable bonds is 6. The summed E-state index contributed by atoms with van der Waals surface area (Å²) in [5, 5.41) is 12.0. The first-order valence-electron chi connectivity index (χ1n) is 7.75.